The van der Waals surface area contributed by atoms with Gasteiger partial charge in [-0.3, -0.25) is 0 Å². The molecule has 35 heavy (non-hydrogen) atoms. The van der Waals surface area contributed by atoms with Crippen molar-refractivity contribution in [3.8, 4) is 0 Å². The summed E-state index contributed by atoms with van der Waals surface area (Å²) >= 11 is 0. The molecule has 0 spiro atoms. The highest BCUT2D eigenvalue weighted by atomic mass is 35.5. The van der Waals surface area contributed by atoms with Crippen LogP contribution in [-0.4, -0.2) is 167 Å². The number of ether oxygens (including phenoxy) is 4. The van der Waals surface area contributed by atoms with Gasteiger partial charge in [0.15, 0.2) is 6.29 Å². The normalized spacial score (nSPS) is 53.1. The molecule has 16 nitrogen and oxygen atoms in total. The second kappa shape index (κ2) is 12.0. The fraction of sp³-hybridized carbons (Fsp3) is 1.00. The molecule has 0 aromatic heterocycles. The minimum Gasteiger partial charge on any atom is -0.394 e. The largest absolute Gasteiger partial charge is 0.394 e. The van der Waals surface area contributed by atoms with Crippen molar-refractivity contribution in [3.05, 3.63) is 0 Å². The lowest BCUT2D eigenvalue weighted by Crippen LogP contribution is -2.77. The van der Waals surface area contributed by atoms with E-state index < -0.39 is 111 Å². The summed E-state index contributed by atoms with van der Waals surface area (Å²) in [7, 11) is 0. The Kier molecular flexibility index (Phi) is 10.6. The van der Waals surface area contributed by atoms with E-state index >= 15 is 0 Å². The van der Waals surface area contributed by atoms with E-state index in [0.717, 1.165) is 0 Å². The Morgan fingerprint density at radius 3 is 1.66 bits per heavy atom. The molecule has 0 saturated carbocycles. The fourth-order valence-corrected chi connectivity index (χ4v) is 4.40. The molecule has 0 radical (unpaired) electrons. The lowest BCUT2D eigenvalue weighted by molar-refractivity contribution is -0.399. The van der Waals surface area contributed by atoms with Crippen LogP contribution in [0.15, 0.2) is 0 Å². The highest BCUT2D eigenvalue weighted by Gasteiger charge is 2.62. The van der Waals surface area contributed by atoms with Gasteiger partial charge in [-0.2, -0.15) is 0 Å². The zero-order chi connectivity index (χ0) is 25.5. The zero-order valence-corrected chi connectivity index (χ0v) is 19.1. The number of rotatable bonds is 6. The van der Waals surface area contributed by atoms with Crippen LogP contribution in [0.3, 0.4) is 0 Å². The minimum atomic E-state index is -2.78. The molecule has 0 aliphatic carbocycles. The van der Waals surface area contributed by atoms with Gasteiger partial charge in [0.05, 0.1) is 25.9 Å². The summed E-state index contributed by atoms with van der Waals surface area (Å²) in [5.74, 6) is -2.78. The maximum absolute atomic E-state index is 11.1. The molecule has 3 heterocycles. The van der Waals surface area contributed by atoms with Gasteiger partial charge in [-0.25, -0.2) is 0 Å². The Bertz CT molecular complexity index is 676. The van der Waals surface area contributed by atoms with Gasteiger partial charge >= 0.3 is 0 Å². The molecule has 3 aliphatic rings. The number of nitrogens with two attached hydrogens (primary N) is 1. The van der Waals surface area contributed by atoms with E-state index in [0.29, 0.717) is 0 Å². The number of hydrogen-bond acceptors (Lipinski definition) is 16. The molecule has 208 valence electrons. The maximum Gasteiger partial charge on any atom is 0.213 e. The average Bonchev–Trinajstić information content (AvgIpc) is 2.82. The van der Waals surface area contributed by atoms with Crippen LogP contribution in [0.2, 0.25) is 0 Å². The Morgan fingerprint density at radius 1 is 0.657 bits per heavy atom. The minimum absolute atomic E-state index is 0. The fourth-order valence-electron chi connectivity index (χ4n) is 4.40. The third-order valence-corrected chi connectivity index (χ3v) is 6.51. The summed E-state index contributed by atoms with van der Waals surface area (Å²) < 4.78 is 21.4. The SMILES string of the molecule is Cl.N[C@@H]1[C@@H](O)[C@H](O[C@@H]2O[C@H](CO)[C@H](O)[C@H](O)[C@H]2O)[C@@H](CO)OC1(O)C1O[C@H](CO)[C@H](O)[C@H](O)[C@H]1O. The van der Waals surface area contributed by atoms with Gasteiger partial charge in [-0.1, -0.05) is 0 Å². The van der Waals surface area contributed by atoms with Crippen molar-refractivity contribution in [1.82, 2.24) is 0 Å². The second-order valence-electron chi connectivity index (χ2n) is 8.65. The summed E-state index contributed by atoms with van der Waals surface area (Å²) in [6, 6.07) is -1.85. The Balaban J connectivity index is 0.00000432. The first-order valence-electron chi connectivity index (χ1n) is 10.6. The summed E-state index contributed by atoms with van der Waals surface area (Å²) in [4.78, 5) is 0. The van der Waals surface area contributed by atoms with E-state index in [2.05, 4.69) is 0 Å². The molecule has 0 aromatic carbocycles. The van der Waals surface area contributed by atoms with Crippen molar-refractivity contribution in [1.29, 1.82) is 0 Å². The lowest BCUT2D eigenvalue weighted by atomic mass is 9.82. The van der Waals surface area contributed by atoms with Crippen LogP contribution < -0.4 is 5.73 Å². The highest BCUT2D eigenvalue weighted by molar-refractivity contribution is 5.85. The van der Waals surface area contributed by atoms with Crippen LogP contribution in [0.5, 0.6) is 0 Å². The van der Waals surface area contributed by atoms with Gasteiger partial charge in [0.1, 0.15) is 73.2 Å². The van der Waals surface area contributed by atoms with E-state index in [-0.39, 0.29) is 12.4 Å². The van der Waals surface area contributed by atoms with Crippen LogP contribution in [-0.2, 0) is 18.9 Å². The predicted molar refractivity (Wildman–Crippen MR) is 111 cm³/mol. The summed E-state index contributed by atoms with van der Waals surface area (Å²) in [6.07, 6.45) is -22.5. The van der Waals surface area contributed by atoms with Crippen LogP contribution >= 0.6 is 12.4 Å². The number of hydrogen-bond donors (Lipinski definition) is 12. The van der Waals surface area contributed by atoms with Crippen LogP contribution in [0.4, 0.5) is 0 Å². The van der Waals surface area contributed by atoms with Gasteiger partial charge in [0.25, 0.3) is 0 Å². The standard InChI is InChI=1S/C18H33NO15.ClH/c19-15-13(29)14(33-17-12(28)10(26)8(24)5(2-21)32-17)6(3-22)34-18(15,30)16-11(27)9(25)7(23)4(1-20)31-16;/h4-17,20-30H,1-3,19H2;1H/t4-,5-,6-,7+,8+,9+,10+,11-,12-,13+,14-,15-,16?,17+,18?;/m1./s1. The quantitative estimate of drug-likeness (QED) is 0.149. The van der Waals surface area contributed by atoms with Gasteiger partial charge < -0.3 is 80.9 Å². The molecule has 13 N–H and O–H groups in total. The van der Waals surface area contributed by atoms with Crippen molar-refractivity contribution < 1.29 is 75.1 Å². The molecule has 15 atom stereocenters. The first-order chi connectivity index (χ1) is 15.9. The molecule has 2 unspecified atom stereocenters. The van der Waals surface area contributed by atoms with Crippen molar-refractivity contribution in [2.75, 3.05) is 19.8 Å². The summed E-state index contributed by atoms with van der Waals surface area (Å²) in [5.41, 5.74) is 5.95. The number of aliphatic hydroxyl groups is 11. The Morgan fingerprint density at radius 2 is 1.14 bits per heavy atom. The molecule has 0 aromatic rings. The van der Waals surface area contributed by atoms with Gasteiger partial charge in [0, 0.05) is 0 Å². The van der Waals surface area contributed by atoms with Gasteiger partial charge in [-0.05, 0) is 0 Å². The van der Waals surface area contributed by atoms with Gasteiger partial charge in [-0.15, -0.1) is 12.4 Å². The number of aliphatic hydroxyl groups excluding tert-OH is 10. The van der Waals surface area contributed by atoms with Crippen molar-refractivity contribution >= 4 is 12.4 Å². The molecular formula is C18H34ClNO15. The molecule has 3 saturated heterocycles. The van der Waals surface area contributed by atoms with Crippen molar-refractivity contribution in [3.63, 3.8) is 0 Å². The molecule has 17 heteroatoms. The molecule has 0 bridgehead atoms. The van der Waals surface area contributed by atoms with E-state index in [1.165, 1.54) is 0 Å². The van der Waals surface area contributed by atoms with E-state index in [1.54, 1.807) is 0 Å². The predicted octanol–water partition coefficient (Wildman–Crippen LogP) is -7.80. The lowest BCUT2D eigenvalue weighted by Gasteiger charge is -2.54. The smallest absolute Gasteiger partial charge is 0.213 e. The maximum atomic E-state index is 11.1. The monoisotopic (exact) mass is 539 g/mol. The molecule has 0 amide bonds. The molecule has 3 rings (SSSR count). The van der Waals surface area contributed by atoms with Crippen LogP contribution in [0, 0.1) is 0 Å². The highest BCUT2D eigenvalue weighted by Crippen LogP contribution is 2.38. The van der Waals surface area contributed by atoms with E-state index in [4.69, 9.17) is 24.7 Å². The Labute approximate surface area is 205 Å². The third kappa shape index (κ3) is 5.45. The van der Waals surface area contributed by atoms with Crippen LogP contribution in [0.1, 0.15) is 0 Å². The Hall–Kier alpha value is -0.350. The van der Waals surface area contributed by atoms with E-state index in [9.17, 15) is 56.2 Å². The molecule has 3 fully saturated rings. The first-order valence-corrected chi connectivity index (χ1v) is 10.6. The van der Waals surface area contributed by atoms with Gasteiger partial charge in [0.2, 0.25) is 5.79 Å². The first kappa shape index (κ1) is 30.9. The third-order valence-electron chi connectivity index (χ3n) is 6.51. The molecular weight excluding hydrogens is 506 g/mol. The summed E-state index contributed by atoms with van der Waals surface area (Å²) in [5, 5.41) is 111. The van der Waals surface area contributed by atoms with E-state index in [1.807, 2.05) is 0 Å². The van der Waals surface area contributed by atoms with Crippen LogP contribution in [0.25, 0.3) is 0 Å². The van der Waals surface area contributed by atoms with Crippen molar-refractivity contribution in [2.45, 2.75) is 91.4 Å². The molecule has 3 aliphatic heterocycles. The zero-order valence-electron chi connectivity index (χ0n) is 18.2. The topological polar surface area (TPSA) is 285 Å². The average molecular weight is 540 g/mol. The number of halogens is 1. The van der Waals surface area contributed by atoms with Crippen molar-refractivity contribution in [2.24, 2.45) is 5.73 Å². The second-order valence-corrected chi connectivity index (χ2v) is 8.65. The summed E-state index contributed by atoms with van der Waals surface area (Å²) in [6.45, 7) is -2.50.